The maximum atomic E-state index is 12.9. The molecular formula is C15H27N3O3. The van der Waals surface area contributed by atoms with E-state index >= 15 is 0 Å². The molecule has 0 radical (unpaired) electrons. The molecule has 1 aliphatic carbocycles. The van der Waals surface area contributed by atoms with Crippen LogP contribution >= 0.6 is 0 Å². The highest BCUT2D eigenvalue weighted by atomic mass is 16.5. The number of carbonyl (C=O) groups is 2. The average molecular weight is 297 g/mol. The van der Waals surface area contributed by atoms with Crippen molar-refractivity contribution in [1.29, 1.82) is 0 Å². The molecule has 0 spiro atoms. The van der Waals surface area contributed by atoms with Crippen LogP contribution in [0.15, 0.2) is 0 Å². The lowest BCUT2D eigenvalue weighted by Crippen LogP contribution is -2.58. The Morgan fingerprint density at radius 1 is 1.38 bits per heavy atom. The molecule has 4 atom stereocenters. The molecule has 0 aromatic heterocycles. The first-order chi connectivity index (χ1) is 10.0. The number of nitrogens with zero attached hydrogens (tertiary/aromatic N) is 1. The molecule has 2 aliphatic rings. The summed E-state index contributed by atoms with van der Waals surface area (Å²) in [6.45, 7) is 5.80. The third kappa shape index (κ3) is 3.74. The lowest BCUT2D eigenvalue weighted by Gasteiger charge is -2.40. The Morgan fingerprint density at radius 2 is 2.14 bits per heavy atom. The van der Waals surface area contributed by atoms with Gasteiger partial charge in [-0.2, -0.15) is 0 Å². The Hall–Kier alpha value is -1.14. The van der Waals surface area contributed by atoms with Crippen molar-refractivity contribution >= 4 is 11.8 Å². The first kappa shape index (κ1) is 16.2. The first-order valence-electron chi connectivity index (χ1n) is 7.96. The van der Waals surface area contributed by atoms with Gasteiger partial charge in [-0.05, 0) is 32.1 Å². The molecule has 2 rings (SSSR count). The molecule has 0 bridgehead atoms. The standard InChI is InChI=1S/C15H27N3O3/c1-3-17-14(19)13-9-21-7-6-18(13)15(20)12-8-11(16)5-4-10(12)2/h10-13H,3-9,16H2,1-2H3,(H,17,19). The molecule has 2 amide bonds. The van der Waals surface area contributed by atoms with E-state index in [1.54, 1.807) is 4.90 Å². The number of likely N-dealkylation sites (N-methyl/N-ethyl adjacent to an activating group) is 1. The van der Waals surface area contributed by atoms with Gasteiger partial charge in [0.15, 0.2) is 0 Å². The summed E-state index contributed by atoms with van der Waals surface area (Å²) in [6, 6.07) is -0.407. The summed E-state index contributed by atoms with van der Waals surface area (Å²) < 4.78 is 5.39. The van der Waals surface area contributed by atoms with Gasteiger partial charge in [0.1, 0.15) is 6.04 Å². The van der Waals surface area contributed by atoms with Crippen LogP contribution in [0.3, 0.4) is 0 Å². The van der Waals surface area contributed by atoms with Crippen molar-refractivity contribution in [1.82, 2.24) is 10.2 Å². The van der Waals surface area contributed by atoms with Crippen LogP contribution in [0.1, 0.15) is 33.1 Å². The monoisotopic (exact) mass is 297 g/mol. The Morgan fingerprint density at radius 3 is 2.86 bits per heavy atom. The lowest BCUT2D eigenvalue weighted by atomic mass is 9.77. The summed E-state index contributed by atoms with van der Waals surface area (Å²) in [5.74, 6) is 0.203. The van der Waals surface area contributed by atoms with E-state index in [4.69, 9.17) is 10.5 Å². The minimum Gasteiger partial charge on any atom is -0.377 e. The highest BCUT2D eigenvalue weighted by Gasteiger charge is 2.39. The van der Waals surface area contributed by atoms with Gasteiger partial charge >= 0.3 is 0 Å². The van der Waals surface area contributed by atoms with Gasteiger partial charge in [-0.25, -0.2) is 0 Å². The number of morpholine rings is 1. The van der Waals surface area contributed by atoms with E-state index in [0.717, 1.165) is 19.3 Å². The molecule has 3 N–H and O–H groups in total. The second-order valence-electron chi connectivity index (χ2n) is 6.17. The second kappa shape index (κ2) is 7.22. The van der Waals surface area contributed by atoms with E-state index in [-0.39, 0.29) is 30.4 Å². The first-order valence-corrected chi connectivity index (χ1v) is 7.96. The third-order valence-electron chi connectivity index (χ3n) is 4.62. The summed E-state index contributed by atoms with van der Waals surface area (Å²) in [5, 5.41) is 2.79. The van der Waals surface area contributed by atoms with Crippen molar-refractivity contribution in [2.24, 2.45) is 17.6 Å². The average Bonchev–Trinajstić information content (AvgIpc) is 2.49. The molecule has 2 fully saturated rings. The number of hydrogen-bond acceptors (Lipinski definition) is 4. The number of nitrogens with two attached hydrogens (primary N) is 1. The van der Waals surface area contributed by atoms with Crippen LogP contribution < -0.4 is 11.1 Å². The molecule has 1 saturated heterocycles. The number of nitrogens with one attached hydrogen (secondary N) is 1. The van der Waals surface area contributed by atoms with E-state index < -0.39 is 6.04 Å². The summed E-state index contributed by atoms with van der Waals surface area (Å²) in [4.78, 5) is 26.7. The fourth-order valence-electron chi connectivity index (χ4n) is 3.29. The third-order valence-corrected chi connectivity index (χ3v) is 4.62. The highest BCUT2D eigenvalue weighted by Crippen LogP contribution is 2.31. The Kier molecular flexibility index (Phi) is 5.58. The molecule has 120 valence electrons. The minimum atomic E-state index is -0.503. The minimum absolute atomic E-state index is 0.0659. The van der Waals surface area contributed by atoms with Gasteiger partial charge in [0.25, 0.3) is 0 Å². The number of amides is 2. The van der Waals surface area contributed by atoms with E-state index in [1.807, 2.05) is 6.92 Å². The van der Waals surface area contributed by atoms with Crippen molar-refractivity contribution < 1.29 is 14.3 Å². The Bertz CT molecular complexity index is 388. The fraction of sp³-hybridized carbons (Fsp3) is 0.867. The Labute approximate surface area is 126 Å². The SMILES string of the molecule is CCNC(=O)C1COCCN1C(=O)C1CC(N)CCC1C. The predicted molar refractivity (Wildman–Crippen MR) is 79.5 cm³/mol. The smallest absolute Gasteiger partial charge is 0.245 e. The van der Waals surface area contributed by atoms with Crippen LogP contribution in [0.25, 0.3) is 0 Å². The van der Waals surface area contributed by atoms with E-state index in [9.17, 15) is 9.59 Å². The van der Waals surface area contributed by atoms with Crippen LogP contribution in [0.5, 0.6) is 0 Å². The number of ether oxygens (including phenoxy) is 1. The zero-order chi connectivity index (χ0) is 15.4. The number of hydrogen-bond donors (Lipinski definition) is 2. The van der Waals surface area contributed by atoms with Gasteiger partial charge in [0, 0.05) is 25.0 Å². The topological polar surface area (TPSA) is 84.7 Å². The fourth-order valence-corrected chi connectivity index (χ4v) is 3.29. The van der Waals surface area contributed by atoms with Gasteiger partial charge in [0.05, 0.1) is 13.2 Å². The normalized spacial score (nSPS) is 33.6. The van der Waals surface area contributed by atoms with Gasteiger partial charge in [-0.15, -0.1) is 0 Å². The Balaban J connectivity index is 2.08. The largest absolute Gasteiger partial charge is 0.377 e. The van der Waals surface area contributed by atoms with Crippen LogP contribution in [0.4, 0.5) is 0 Å². The van der Waals surface area contributed by atoms with Crippen LogP contribution in [0, 0.1) is 11.8 Å². The van der Waals surface area contributed by atoms with Crippen molar-refractivity contribution in [2.45, 2.75) is 45.2 Å². The molecule has 1 aliphatic heterocycles. The summed E-state index contributed by atoms with van der Waals surface area (Å²) in [5.41, 5.74) is 6.02. The second-order valence-corrected chi connectivity index (χ2v) is 6.17. The molecule has 0 aromatic carbocycles. The van der Waals surface area contributed by atoms with Gasteiger partial charge in [0.2, 0.25) is 11.8 Å². The lowest BCUT2D eigenvalue weighted by molar-refractivity contribution is -0.153. The molecular weight excluding hydrogens is 270 g/mol. The maximum absolute atomic E-state index is 12.9. The molecule has 6 heteroatoms. The number of carbonyl (C=O) groups excluding carboxylic acids is 2. The molecule has 1 heterocycles. The predicted octanol–water partition coefficient (Wildman–Crippen LogP) is 0.113. The molecule has 1 saturated carbocycles. The summed E-state index contributed by atoms with van der Waals surface area (Å²) >= 11 is 0. The molecule has 21 heavy (non-hydrogen) atoms. The summed E-state index contributed by atoms with van der Waals surface area (Å²) in [7, 11) is 0. The highest BCUT2D eigenvalue weighted by molar-refractivity contribution is 5.89. The van der Waals surface area contributed by atoms with Crippen molar-refractivity contribution in [3.63, 3.8) is 0 Å². The van der Waals surface area contributed by atoms with Gasteiger partial charge in [-0.3, -0.25) is 9.59 Å². The van der Waals surface area contributed by atoms with Gasteiger partial charge in [-0.1, -0.05) is 6.92 Å². The van der Waals surface area contributed by atoms with Crippen LogP contribution in [0.2, 0.25) is 0 Å². The number of rotatable bonds is 3. The van der Waals surface area contributed by atoms with Gasteiger partial charge < -0.3 is 20.7 Å². The van der Waals surface area contributed by atoms with Crippen LogP contribution in [-0.2, 0) is 14.3 Å². The quantitative estimate of drug-likeness (QED) is 0.774. The van der Waals surface area contributed by atoms with Crippen molar-refractivity contribution in [3.8, 4) is 0 Å². The molecule has 4 unspecified atom stereocenters. The van der Waals surface area contributed by atoms with E-state index in [2.05, 4.69) is 12.2 Å². The molecule has 0 aromatic rings. The maximum Gasteiger partial charge on any atom is 0.245 e. The summed E-state index contributed by atoms with van der Waals surface area (Å²) in [6.07, 6.45) is 2.68. The zero-order valence-corrected chi connectivity index (χ0v) is 13.0. The van der Waals surface area contributed by atoms with Crippen molar-refractivity contribution in [3.05, 3.63) is 0 Å². The van der Waals surface area contributed by atoms with E-state index in [1.165, 1.54) is 0 Å². The van der Waals surface area contributed by atoms with Crippen LogP contribution in [-0.4, -0.2) is 55.1 Å². The van der Waals surface area contributed by atoms with E-state index in [0.29, 0.717) is 25.6 Å². The van der Waals surface area contributed by atoms with Crippen molar-refractivity contribution in [2.75, 3.05) is 26.3 Å². The molecule has 6 nitrogen and oxygen atoms in total. The zero-order valence-electron chi connectivity index (χ0n) is 13.0.